The molecule has 0 aliphatic heterocycles. The predicted molar refractivity (Wildman–Crippen MR) is 102 cm³/mol. The Kier molecular flexibility index (Phi) is 4.33. The minimum atomic E-state index is -0.379. The highest BCUT2D eigenvalue weighted by atomic mass is 19.1. The van der Waals surface area contributed by atoms with Gasteiger partial charge in [-0.3, -0.25) is 0 Å². The summed E-state index contributed by atoms with van der Waals surface area (Å²) in [4.78, 5) is 17.2. The van der Waals surface area contributed by atoms with Gasteiger partial charge in [0, 0.05) is 30.7 Å². The Morgan fingerprint density at radius 1 is 1.22 bits per heavy atom. The van der Waals surface area contributed by atoms with E-state index in [2.05, 4.69) is 15.4 Å². The Bertz CT molecular complexity index is 1100. The summed E-state index contributed by atoms with van der Waals surface area (Å²) in [5.41, 5.74) is 2.90. The molecule has 6 nitrogen and oxygen atoms in total. The number of anilines is 1. The van der Waals surface area contributed by atoms with Gasteiger partial charge in [-0.2, -0.15) is 5.10 Å². The number of fused-ring (bicyclic) bond motifs is 1. The van der Waals surface area contributed by atoms with Crippen LogP contribution in [0.25, 0.3) is 16.6 Å². The number of aromatic amines is 1. The Hall–Kier alpha value is -3.61. The molecule has 0 unspecified atom stereocenters. The van der Waals surface area contributed by atoms with E-state index in [9.17, 15) is 9.18 Å². The van der Waals surface area contributed by atoms with E-state index in [0.29, 0.717) is 17.9 Å². The molecule has 0 aliphatic rings. The zero-order valence-corrected chi connectivity index (χ0v) is 14.7. The Morgan fingerprint density at radius 2 is 2.07 bits per heavy atom. The second kappa shape index (κ2) is 6.95. The molecule has 0 saturated heterocycles. The number of carbonyl (C=O) groups excluding carboxylic acids is 1. The number of H-pyrrole nitrogens is 1. The molecule has 27 heavy (non-hydrogen) atoms. The summed E-state index contributed by atoms with van der Waals surface area (Å²) >= 11 is 0. The highest BCUT2D eigenvalue weighted by Crippen LogP contribution is 2.19. The third-order valence-corrected chi connectivity index (χ3v) is 4.37. The van der Waals surface area contributed by atoms with Gasteiger partial charge in [-0.15, -0.1) is 0 Å². The van der Waals surface area contributed by atoms with Gasteiger partial charge in [-0.05, 0) is 29.8 Å². The number of amides is 2. The lowest BCUT2D eigenvalue weighted by Crippen LogP contribution is -2.30. The Balaban J connectivity index is 1.46. The SMILES string of the molecule is CN(Cc1cccc2[nH]ccc12)C(=O)Nc1cnn(-c2ccccc2F)c1. The van der Waals surface area contributed by atoms with Gasteiger partial charge < -0.3 is 15.2 Å². The van der Waals surface area contributed by atoms with Crippen LogP contribution in [0.15, 0.2) is 67.1 Å². The van der Waals surface area contributed by atoms with Gasteiger partial charge >= 0.3 is 6.03 Å². The molecule has 2 aromatic carbocycles. The fraction of sp³-hybridized carbons (Fsp3) is 0.100. The van der Waals surface area contributed by atoms with Crippen molar-refractivity contribution in [2.24, 2.45) is 0 Å². The first kappa shape index (κ1) is 16.8. The molecule has 0 fully saturated rings. The number of urea groups is 1. The van der Waals surface area contributed by atoms with Crippen molar-refractivity contribution in [3.8, 4) is 5.69 Å². The van der Waals surface area contributed by atoms with Crippen LogP contribution in [0.5, 0.6) is 0 Å². The monoisotopic (exact) mass is 363 g/mol. The molecule has 0 aliphatic carbocycles. The van der Waals surface area contributed by atoms with Crippen molar-refractivity contribution in [1.82, 2.24) is 19.7 Å². The normalized spacial score (nSPS) is 10.9. The van der Waals surface area contributed by atoms with Crippen LogP contribution in [0.4, 0.5) is 14.9 Å². The summed E-state index contributed by atoms with van der Waals surface area (Å²) < 4.78 is 15.3. The molecule has 7 heteroatoms. The van der Waals surface area contributed by atoms with Crippen molar-refractivity contribution in [3.05, 3.63) is 78.5 Å². The first-order valence-electron chi connectivity index (χ1n) is 8.48. The molecule has 2 aromatic heterocycles. The fourth-order valence-electron chi connectivity index (χ4n) is 2.99. The van der Waals surface area contributed by atoms with Crippen LogP contribution in [0.3, 0.4) is 0 Å². The summed E-state index contributed by atoms with van der Waals surface area (Å²) in [7, 11) is 1.72. The van der Waals surface area contributed by atoms with E-state index in [1.165, 1.54) is 16.9 Å². The molecule has 0 saturated carbocycles. The van der Waals surface area contributed by atoms with Crippen molar-refractivity contribution in [1.29, 1.82) is 0 Å². The number of aromatic nitrogens is 3. The van der Waals surface area contributed by atoms with E-state index < -0.39 is 0 Å². The van der Waals surface area contributed by atoms with Crippen LogP contribution in [0.2, 0.25) is 0 Å². The molecule has 2 heterocycles. The molecular formula is C20H18FN5O. The smallest absolute Gasteiger partial charge is 0.321 e. The summed E-state index contributed by atoms with van der Waals surface area (Å²) in [6.45, 7) is 0.461. The van der Waals surface area contributed by atoms with Gasteiger partial charge in [0.1, 0.15) is 11.5 Å². The molecule has 0 atom stereocenters. The molecule has 136 valence electrons. The molecule has 2 N–H and O–H groups in total. The average molecular weight is 363 g/mol. The minimum Gasteiger partial charge on any atom is -0.361 e. The van der Waals surface area contributed by atoms with Gasteiger partial charge in [-0.1, -0.05) is 24.3 Å². The number of nitrogens with zero attached hydrogens (tertiary/aromatic N) is 3. The van der Waals surface area contributed by atoms with Crippen LogP contribution < -0.4 is 5.32 Å². The summed E-state index contributed by atoms with van der Waals surface area (Å²) in [6, 6.07) is 14.0. The Morgan fingerprint density at radius 3 is 2.93 bits per heavy atom. The van der Waals surface area contributed by atoms with Crippen molar-refractivity contribution in [3.63, 3.8) is 0 Å². The predicted octanol–water partition coefficient (Wildman–Crippen LogP) is 4.16. The lowest BCUT2D eigenvalue weighted by atomic mass is 10.1. The second-order valence-electron chi connectivity index (χ2n) is 6.27. The van der Waals surface area contributed by atoms with Gasteiger partial charge in [0.05, 0.1) is 18.1 Å². The van der Waals surface area contributed by atoms with Crippen LogP contribution in [-0.2, 0) is 6.54 Å². The van der Waals surface area contributed by atoms with Crippen molar-refractivity contribution in [2.45, 2.75) is 6.54 Å². The van der Waals surface area contributed by atoms with Crippen molar-refractivity contribution >= 4 is 22.6 Å². The fourth-order valence-corrected chi connectivity index (χ4v) is 2.99. The number of halogens is 1. The zero-order valence-electron chi connectivity index (χ0n) is 14.7. The minimum absolute atomic E-state index is 0.268. The van der Waals surface area contributed by atoms with Crippen molar-refractivity contribution < 1.29 is 9.18 Å². The van der Waals surface area contributed by atoms with E-state index in [4.69, 9.17) is 0 Å². The number of para-hydroxylation sites is 1. The first-order chi connectivity index (χ1) is 13.1. The van der Waals surface area contributed by atoms with Crippen LogP contribution in [0, 0.1) is 5.82 Å². The number of hydrogen-bond acceptors (Lipinski definition) is 2. The Labute approximate surface area is 155 Å². The third kappa shape index (κ3) is 3.39. The summed E-state index contributed by atoms with van der Waals surface area (Å²) in [5, 5.41) is 7.99. The van der Waals surface area contributed by atoms with Gasteiger partial charge in [0.15, 0.2) is 0 Å². The standard InChI is InChI=1S/C20H18FN5O/c1-25(12-14-5-4-7-18-16(14)9-10-22-18)20(27)24-15-11-23-26(13-15)19-8-3-2-6-17(19)21/h2-11,13,22H,12H2,1H3,(H,24,27). The lowest BCUT2D eigenvalue weighted by Gasteiger charge is -2.18. The molecular weight excluding hydrogens is 345 g/mol. The largest absolute Gasteiger partial charge is 0.361 e. The maximum atomic E-state index is 13.9. The third-order valence-electron chi connectivity index (χ3n) is 4.37. The highest BCUT2D eigenvalue weighted by molar-refractivity contribution is 5.89. The van der Waals surface area contributed by atoms with Gasteiger partial charge in [0.25, 0.3) is 0 Å². The van der Waals surface area contributed by atoms with E-state index in [1.807, 2.05) is 30.5 Å². The topological polar surface area (TPSA) is 66.0 Å². The molecule has 0 radical (unpaired) electrons. The lowest BCUT2D eigenvalue weighted by molar-refractivity contribution is 0.221. The van der Waals surface area contributed by atoms with Crippen LogP contribution in [0.1, 0.15) is 5.56 Å². The quantitative estimate of drug-likeness (QED) is 0.572. The van der Waals surface area contributed by atoms with E-state index in [0.717, 1.165) is 16.5 Å². The van der Waals surface area contributed by atoms with Crippen LogP contribution in [-0.4, -0.2) is 32.7 Å². The number of carbonyl (C=O) groups is 1. The number of nitrogens with one attached hydrogen (secondary N) is 2. The number of benzene rings is 2. The van der Waals surface area contributed by atoms with E-state index >= 15 is 0 Å². The first-order valence-corrected chi connectivity index (χ1v) is 8.48. The molecule has 4 rings (SSSR count). The van der Waals surface area contributed by atoms with E-state index in [1.54, 1.807) is 36.3 Å². The zero-order chi connectivity index (χ0) is 18.8. The van der Waals surface area contributed by atoms with Crippen LogP contribution >= 0.6 is 0 Å². The van der Waals surface area contributed by atoms with Crippen molar-refractivity contribution in [2.75, 3.05) is 12.4 Å². The van der Waals surface area contributed by atoms with Gasteiger partial charge in [0.2, 0.25) is 0 Å². The summed E-state index contributed by atoms with van der Waals surface area (Å²) in [5.74, 6) is -0.379. The van der Waals surface area contributed by atoms with Gasteiger partial charge in [-0.25, -0.2) is 13.9 Å². The maximum Gasteiger partial charge on any atom is 0.321 e. The molecule has 2 amide bonds. The average Bonchev–Trinajstić information content (AvgIpc) is 3.32. The second-order valence-corrected chi connectivity index (χ2v) is 6.27. The maximum absolute atomic E-state index is 13.9. The number of rotatable bonds is 4. The molecule has 0 bridgehead atoms. The van der Waals surface area contributed by atoms with E-state index in [-0.39, 0.29) is 11.8 Å². The summed E-state index contributed by atoms with van der Waals surface area (Å²) in [6.07, 6.45) is 4.95. The highest BCUT2D eigenvalue weighted by Gasteiger charge is 2.13. The number of hydrogen-bond donors (Lipinski definition) is 2. The molecule has 4 aromatic rings. The molecule has 0 spiro atoms.